The lowest BCUT2D eigenvalue weighted by Crippen LogP contribution is -2.04. The van der Waals surface area contributed by atoms with Crippen molar-refractivity contribution in [2.45, 2.75) is 13.0 Å². The van der Waals surface area contributed by atoms with E-state index in [0.717, 1.165) is 18.0 Å². The van der Waals surface area contributed by atoms with Gasteiger partial charge in [0.2, 0.25) is 5.89 Å². The van der Waals surface area contributed by atoms with E-state index in [4.69, 9.17) is 10.2 Å². The summed E-state index contributed by atoms with van der Waals surface area (Å²) in [4.78, 5) is 4.16. The maximum atomic E-state index is 5.34. The van der Waals surface area contributed by atoms with Crippen molar-refractivity contribution in [3.05, 3.63) is 22.5 Å². The number of rotatable bonds is 5. The fraction of sp³-hybridized carbons (Fsp3) is 0.375. The van der Waals surface area contributed by atoms with Crippen molar-refractivity contribution >= 4 is 17.4 Å². The molecule has 0 atom stereocenters. The number of thiazole rings is 1. The summed E-state index contributed by atoms with van der Waals surface area (Å²) in [7, 11) is 0. The predicted octanol–water partition coefficient (Wildman–Crippen LogP) is 0.639. The second-order valence-electron chi connectivity index (χ2n) is 2.81. The second kappa shape index (κ2) is 4.85. The molecule has 0 aliphatic heterocycles. The van der Waals surface area contributed by atoms with Crippen molar-refractivity contribution in [2.75, 3.05) is 11.9 Å². The van der Waals surface area contributed by atoms with Crippen LogP contribution < -0.4 is 11.1 Å². The Balaban J connectivity index is 1.78. The quantitative estimate of drug-likeness (QED) is 0.776. The van der Waals surface area contributed by atoms with Gasteiger partial charge < -0.3 is 15.5 Å². The number of hydrogen-bond donors (Lipinski definition) is 2. The molecule has 7 heteroatoms. The van der Waals surface area contributed by atoms with E-state index in [1.54, 1.807) is 17.5 Å². The standard InChI is InChI=1S/C8H11N5OS/c9-5-6-12-13-8(14-6)11-2-1-7-10-3-4-15-7/h3-4H,1-2,5,9H2,(H,11,13). The fourth-order valence-corrected chi connectivity index (χ4v) is 1.68. The van der Waals surface area contributed by atoms with Crippen LogP contribution in [-0.2, 0) is 13.0 Å². The van der Waals surface area contributed by atoms with Crippen molar-refractivity contribution in [1.29, 1.82) is 0 Å². The average Bonchev–Trinajstić information content (AvgIpc) is 2.88. The third-order valence-corrected chi connectivity index (χ3v) is 2.58. The normalized spacial score (nSPS) is 10.5. The molecule has 0 radical (unpaired) electrons. The van der Waals surface area contributed by atoms with E-state index in [-0.39, 0.29) is 6.54 Å². The molecule has 0 aliphatic carbocycles. The van der Waals surface area contributed by atoms with Crippen LogP contribution in [0.5, 0.6) is 0 Å². The van der Waals surface area contributed by atoms with Gasteiger partial charge in [0.05, 0.1) is 11.6 Å². The molecular formula is C8H11N5OS. The molecular weight excluding hydrogens is 214 g/mol. The van der Waals surface area contributed by atoms with E-state index in [1.165, 1.54) is 0 Å². The van der Waals surface area contributed by atoms with Crippen LogP contribution in [0.15, 0.2) is 16.0 Å². The van der Waals surface area contributed by atoms with Gasteiger partial charge in [-0.15, -0.1) is 16.4 Å². The maximum Gasteiger partial charge on any atom is 0.315 e. The minimum atomic E-state index is 0.265. The van der Waals surface area contributed by atoms with Crippen LogP contribution >= 0.6 is 11.3 Å². The van der Waals surface area contributed by atoms with Crippen LogP contribution in [0, 0.1) is 0 Å². The van der Waals surface area contributed by atoms with Gasteiger partial charge >= 0.3 is 6.01 Å². The largest absolute Gasteiger partial charge is 0.407 e. The van der Waals surface area contributed by atoms with Crippen LogP contribution in [-0.4, -0.2) is 21.7 Å². The molecule has 2 heterocycles. The lowest BCUT2D eigenvalue weighted by Gasteiger charge is -1.97. The first-order valence-electron chi connectivity index (χ1n) is 4.53. The zero-order chi connectivity index (χ0) is 10.5. The summed E-state index contributed by atoms with van der Waals surface area (Å²) in [5, 5.41) is 13.6. The molecule has 2 rings (SSSR count). The zero-order valence-electron chi connectivity index (χ0n) is 8.01. The van der Waals surface area contributed by atoms with Gasteiger partial charge in [0.15, 0.2) is 0 Å². The third kappa shape index (κ3) is 2.74. The Kier molecular flexibility index (Phi) is 3.25. The molecule has 0 saturated heterocycles. The fourth-order valence-electron chi connectivity index (χ4n) is 1.06. The first kappa shape index (κ1) is 10.1. The van der Waals surface area contributed by atoms with Crippen molar-refractivity contribution < 1.29 is 4.42 Å². The van der Waals surface area contributed by atoms with Gasteiger partial charge in [-0.2, -0.15) is 0 Å². The highest BCUT2D eigenvalue weighted by Gasteiger charge is 2.03. The Morgan fingerprint density at radius 3 is 3.07 bits per heavy atom. The summed E-state index contributed by atoms with van der Waals surface area (Å²) in [5.74, 6) is 0.437. The molecule has 2 aromatic heterocycles. The number of anilines is 1. The van der Waals surface area contributed by atoms with E-state index < -0.39 is 0 Å². The van der Waals surface area contributed by atoms with Crippen molar-refractivity contribution in [2.24, 2.45) is 5.73 Å². The number of nitrogens with zero attached hydrogens (tertiary/aromatic N) is 3. The minimum Gasteiger partial charge on any atom is -0.407 e. The Hall–Kier alpha value is -1.47. The molecule has 0 spiro atoms. The number of aromatic nitrogens is 3. The minimum absolute atomic E-state index is 0.265. The second-order valence-corrected chi connectivity index (χ2v) is 3.79. The number of nitrogens with two attached hydrogens (primary N) is 1. The van der Waals surface area contributed by atoms with Gasteiger partial charge in [0.1, 0.15) is 0 Å². The van der Waals surface area contributed by atoms with Crippen molar-refractivity contribution in [1.82, 2.24) is 15.2 Å². The topological polar surface area (TPSA) is 89.9 Å². The summed E-state index contributed by atoms with van der Waals surface area (Å²) in [6.45, 7) is 0.987. The summed E-state index contributed by atoms with van der Waals surface area (Å²) in [6.07, 6.45) is 2.64. The van der Waals surface area contributed by atoms with E-state index in [9.17, 15) is 0 Å². The van der Waals surface area contributed by atoms with Gasteiger partial charge in [0.25, 0.3) is 0 Å². The predicted molar refractivity (Wildman–Crippen MR) is 56.5 cm³/mol. The first-order valence-corrected chi connectivity index (χ1v) is 5.41. The Bertz CT molecular complexity index is 399. The molecule has 0 bridgehead atoms. The van der Waals surface area contributed by atoms with Crippen LogP contribution in [0.2, 0.25) is 0 Å². The van der Waals surface area contributed by atoms with Crippen LogP contribution in [0.25, 0.3) is 0 Å². The Morgan fingerprint density at radius 1 is 1.47 bits per heavy atom. The molecule has 0 aromatic carbocycles. The molecule has 0 fully saturated rings. The number of hydrogen-bond acceptors (Lipinski definition) is 7. The first-order chi connectivity index (χ1) is 7.38. The van der Waals surface area contributed by atoms with Crippen molar-refractivity contribution in [3.8, 4) is 0 Å². The summed E-state index contributed by atoms with van der Waals surface area (Å²) in [5.41, 5.74) is 5.34. The molecule has 0 unspecified atom stereocenters. The lowest BCUT2D eigenvalue weighted by molar-refractivity contribution is 0.507. The third-order valence-electron chi connectivity index (χ3n) is 1.74. The molecule has 3 N–H and O–H groups in total. The van der Waals surface area contributed by atoms with Gasteiger partial charge in [-0.1, -0.05) is 5.10 Å². The molecule has 6 nitrogen and oxygen atoms in total. The molecule has 80 valence electrons. The summed E-state index contributed by atoms with van der Waals surface area (Å²) in [6, 6.07) is 0.409. The summed E-state index contributed by atoms with van der Waals surface area (Å²) >= 11 is 1.63. The SMILES string of the molecule is NCc1nnc(NCCc2nccs2)o1. The van der Waals surface area contributed by atoms with E-state index in [1.807, 2.05) is 5.38 Å². The van der Waals surface area contributed by atoms with E-state index in [0.29, 0.717) is 11.9 Å². The Morgan fingerprint density at radius 2 is 2.40 bits per heavy atom. The van der Waals surface area contributed by atoms with Gasteiger partial charge in [-0.3, -0.25) is 0 Å². The monoisotopic (exact) mass is 225 g/mol. The molecule has 0 aliphatic rings. The van der Waals surface area contributed by atoms with Crippen LogP contribution in [0.1, 0.15) is 10.9 Å². The zero-order valence-corrected chi connectivity index (χ0v) is 8.83. The highest BCUT2D eigenvalue weighted by Crippen LogP contribution is 2.07. The molecule has 0 amide bonds. The van der Waals surface area contributed by atoms with Crippen LogP contribution in [0.4, 0.5) is 6.01 Å². The van der Waals surface area contributed by atoms with E-state index in [2.05, 4.69) is 20.5 Å². The maximum absolute atomic E-state index is 5.34. The molecule has 2 aromatic rings. The van der Waals surface area contributed by atoms with Crippen LogP contribution in [0.3, 0.4) is 0 Å². The molecule has 15 heavy (non-hydrogen) atoms. The highest BCUT2D eigenvalue weighted by atomic mass is 32.1. The van der Waals surface area contributed by atoms with Gasteiger partial charge in [-0.25, -0.2) is 4.98 Å². The van der Waals surface area contributed by atoms with Gasteiger partial charge in [-0.05, 0) is 0 Å². The average molecular weight is 225 g/mol. The van der Waals surface area contributed by atoms with Gasteiger partial charge in [0, 0.05) is 24.5 Å². The summed E-state index contributed by atoms with van der Waals surface area (Å²) < 4.78 is 5.18. The molecule has 0 saturated carbocycles. The van der Waals surface area contributed by atoms with Crippen molar-refractivity contribution in [3.63, 3.8) is 0 Å². The smallest absolute Gasteiger partial charge is 0.315 e. The highest BCUT2D eigenvalue weighted by molar-refractivity contribution is 7.09. The lowest BCUT2D eigenvalue weighted by atomic mass is 10.4. The Labute approximate surface area is 90.5 Å². The number of nitrogens with one attached hydrogen (secondary N) is 1. The van der Waals surface area contributed by atoms with E-state index >= 15 is 0 Å².